The Balaban J connectivity index is 1.76. The molecule has 0 unspecified atom stereocenters. The molecular formula is C22H28FN3O2. The Hall–Kier alpha value is -2.63. The highest BCUT2D eigenvalue weighted by molar-refractivity contribution is 5.97. The first kappa shape index (κ1) is 20.1. The van der Waals surface area contributed by atoms with Crippen LogP contribution in [-0.2, 0) is 6.42 Å². The quantitative estimate of drug-likeness (QED) is 0.812. The Morgan fingerprint density at radius 1 is 1.32 bits per heavy atom. The Kier molecular flexibility index (Phi) is 6.49. The number of carbonyl (C=O) groups excluding carboxylic acids is 1. The topological polar surface area (TPSA) is 54.5 Å². The first-order chi connectivity index (χ1) is 13.5. The summed E-state index contributed by atoms with van der Waals surface area (Å²) in [7, 11) is 1.39. The van der Waals surface area contributed by atoms with E-state index in [-0.39, 0.29) is 23.3 Å². The Morgan fingerprint density at radius 3 is 2.82 bits per heavy atom. The molecule has 0 spiro atoms. The molecule has 2 aromatic rings. The molecule has 1 aromatic carbocycles. The number of ether oxygens (including phenoxy) is 1. The molecule has 1 fully saturated rings. The summed E-state index contributed by atoms with van der Waals surface area (Å²) in [6.45, 7) is 5.48. The van der Waals surface area contributed by atoms with Crippen LogP contribution in [0.3, 0.4) is 0 Å². The zero-order valence-electron chi connectivity index (χ0n) is 16.7. The van der Waals surface area contributed by atoms with E-state index in [9.17, 15) is 9.18 Å². The summed E-state index contributed by atoms with van der Waals surface area (Å²) in [4.78, 5) is 19.5. The summed E-state index contributed by atoms with van der Waals surface area (Å²) in [6, 6.07) is 8.51. The number of para-hydroxylation sites is 1. The second kappa shape index (κ2) is 9.04. The van der Waals surface area contributed by atoms with Crippen LogP contribution in [0.4, 0.5) is 10.2 Å². The number of hydrogen-bond donors (Lipinski definition) is 1. The molecule has 6 heteroatoms. The van der Waals surface area contributed by atoms with Crippen LogP contribution in [0.2, 0.25) is 0 Å². The lowest BCUT2D eigenvalue weighted by Gasteiger charge is -2.39. The van der Waals surface area contributed by atoms with Gasteiger partial charge < -0.3 is 15.0 Å². The van der Waals surface area contributed by atoms with E-state index in [2.05, 4.69) is 30.2 Å². The lowest BCUT2D eigenvalue weighted by Crippen LogP contribution is -2.49. The van der Waals surface area contributed by atoms with Crippen LogP contribution >= 0.6 is 0 Å². The predicted octanol–water partition coefficient (Wildman–Crippen LogP) is 4.14. The zero-order chi connectivity index (χ0) is 20.1. The molecule has 1 amide bonds. The number of amides is 1. The van der Waals surface area contributed by atoms with Gasteiger partial charge in [0.05, 0.1) is 12.7 Å². The number of carbonyl (C=O) groups is 1. The maximum atomic E-state index is 14.1. The minimum absolute atomic E-state index is 0.00857. The Bertz CT molecular complexity index is 810. The standard InChI is InChI=1S/C22H28FN3O2/c1-4-16-9-11-20(24-12-16)25-13-17-10-8-15(2)14-26(17)22(27)18-6-5-7-19(23)21(18)28-3/h5-7,9,11-12,15,17H,4,8,10,13-14H2,1-3H3,(H,24,25)/t15-,17-/m0/s1. The summed E-state index contributed by atoms with van der Waals surface area (Å²) < 4.78 is 19.2. The number of methoxy groups -OCH3 is 1. The second-order valence-electron chi connectivity index (χ2n) is 7.40. The zero-order valence-corrected chi connectivity index (χ0v) is 16.7. The van der Waals surface area contributed by atoms with Crippen molar-refractivity contribution >= 4 is 11.7 Å². The number of rotatable bonds is 6. The summed E-state index contributed by atoms with van der Waals surface area (Å²) in [5, 5.41) is 3.35. The van der Waals surface area contributed by atoms with Crippen LogP contribution in [-0.4, -0.2) is 42.0 Å². The number of piperidine rings is 1. The van der Waals surface area contributed by atoms with Crippen LogP contribution < -0.4 is 10.1 Å². The molecule has 1 aliphatic heterocycles. The van der Waals surface area contributed by atoms with Crippen LogP contribution in [0.1, 0.15) is 42.6 Å². The monoisotopic (exact) mass is 385 g/mol. The maximum Gasteiger partial charge on any atom is 0.258 e. The van der Waals surface area contributed by atoms with Crippen molar-refractivity contribution in [2.24, 2.45) is 5.92 Å². The number of benzene rings is 1. The summed E-state index contributed by atoms with van der Waals surface area (Å²) >= 11 is 0. The molecule has 2 heterocycles. The van der Waals surface area contributed by atoms with E-state index in [1.54, 1.807) is 12.1 Å². The Labute approximate surface area is 165 Å². The number of hydrogen-bond acceptors (Lipinski definition) is 4. The summed E-state index contributed by atoms with van der Waals surface area (Å²) in [5.41, 5.74) is 1.46. The molecule has 1 saturated heterocycles. The number of nitrogens with zero attached hydrogens (tertiary/aromatic N) is 2. The lowest BCUT2D eigenvalue weighted by atomic mass is 9.93. The molecule has 0 saturated carbocycles. The SMILES string of the molecule is CCc1ccc(NC[C@@H]2CC[C@H](C)CN2C(=O)c2cccc(F)c2OC)nc1. The van der Waals surface area contributed by atoms with E-state index in [1.165, 1.54) is 18.7 Å². The van der Waals surface area contributed by atoms with Gasteiger partial charge in [0.1, 0.15) is 5.82 Å². The molecule has 1 aliphatic rings. The molecule has 1 aromatic heterocycles. The van der Waals surface area contributed by atoms with Crippen LogP contribution in [0, 0.1) is 11.7 Å². The highest BCUT2D eigenvalue weighted by atomic mass is 19.1. The number of halogens is 1. The molecule has 3 rings (SSSR count). The van der Waals surface area contributed by atoms with Crippen LogP contribution in [0.5, 0.6) is 5.75 Å². The number of pyridine rings is 1. The van der Waals surface area contributed by atoms with Crippen molar-refractivity contribution in [3.8, 4) is 5.75 Å². The highest BCUT2D eigenvalue weighted by Crippen LogP contribution is 2.28. The van der Waals surface area contributed by atoms with Crippen molar-refractivity contribution in [3.63, 3.8) is 0 Å². The minimum atomic E-state index is -0.520. The first-order valence-corrected chi connectivity index (χ1v) is 9.85. The molecule has 0 aliphatic carbocycles. The van der Waals surface area contributed by atoms with Gasteiger partial charge in [-0.3, -0.25) is 4.79 Å². The van der Waals surface area contributed by atoms with Crippen molar-refractivity contribution in [2.45, 2.75) is 39.2 Å². The molecule has 2 atom stereocenters. The fraction of sp³-hybridized carbons (Fsp3) is 0.455. The molecule has 5 nitrogen and oxygen atoms in total. The van der Waals surface area contributed by atoms with Gasteiger partial charge in [-0.15, -0.1) is 0 Å². The van der Waals surface area contributed by atoms with E-state index in [0.29, 0.717) is 19.0 Å². The third kappa shape index (κ3) is 4.43. The van der Waals surface area contributed by atoms with Crippen molar-refractivity contribution in [1.82, 2.24) is 9.88 Å². The second-order valence-corrected chi connectivity index (χ2v) is 7.40. The third-order valence-corrected chi connectivity index (χ3v) is 5.36. The number of aryl methyl sites for hydroxylation is 1. The number of anilines is 1. The van der Waals surface area contributed by atoms with Gasteiger partial charge >= 0.3 is 0 Å². The maximum absolute atomic E-state index is 14.1. The van der Waals surface area contributed by atoms with Gasteiger partial charge in [0.25, 0.3) is 5.91 Å². The van der Waals surface area contributed by atoms with Gasteiger partial charge in [-0.25, -0.2) is 9.37 Å². The first-order valence-electron chi connectivity index (χ1n) is 9.85. The fourth-order valence-electron chi connectivity index (χ4n) is 3.67. The molecule has 28 heavy (non-hydrogen) atoms. The summed E-state index contributed by atoms with van der Waals surface area (Å²) in [6.07, 6.45) is 4.76. The van der Waals surface area contributed by atoms with E-state index >= 15 is 0 Å². The van der Waals surface area contributed by atoms with E-state index in [1.807, 2.05) is 17.2 Å². The van der Waals surface area contributed by atoms with Gasteiger partial charge in [0, 0.05) is 25.3 Å². The summed E-state index contributed by atoms with van der Waals surface area (Å²) in [5.74, 6) is 0.500. The van der Waals surface area contributed by atoms with Crippen LogP contribution in [0.25, 0.3) is 0 Å². The van der Waals surface area contributed by atoms with Crippen molar-refractivity contribution < 1.29 is 13.9 Å². The smallest absolute Gasteiger partial charge is 0.258 e. The third-order valence-electron chi connectivity index (χ3n) is 5.36. The van der Waals surface area contributed by atoms with Gasteiger partial charge in [-0.2, -0.15) is 0 Å². The highest BCUT2D eigenvalue weighted by Gasteiger charge is 2.32. The van der Waals surface area contributed by atoms with E-state index in [0.717, 1.165) is 25.1 Å². The molecule has 0 radical (unpaired) electrons. The molecular weight excluding hydrogens is 357 g/mol. The van der Waals surface area contributed by atoms with E-state index in [4.69, 9.17) is 4.74 Å². The van der Waals surface area contributed by atoms with Gasteiger partial charge in [-0.1, -0.05) is 26.0 Å². The molecule has 1 N–H and O–H groups in total. The van der Waals surface area contributed by atoms with Crippen molar-refractivity contribution in [1.29, 1.82) is 0 Å². The Morgan fingerprint density at radius 2 is 2.14 bits per heavy atom. The minimum Gasteiger partial charge on any atom is -0.493 e. The number of likely N-dealkylation sites (tertiary alicyclic amines) is 1. The predicted molar refractivity (Wildman–Crippen MR) is 108 cm³/mol. The molecule has 150 valence electrons. The van der Waals surface area contributed by atoms with Gasteiger partial charge in [0.2, 0.25) is 0 Å². The lowest BCUT2D eigenvalue weighted by molar-refractivity contribution is 0.0561. The number of nitrogens with one attached hydrogen (secondary N) is 1. The van der Waals surface area contributed by atoms with Crippen LogP contribution in [0.15, 0.2) is 36.5 Å². The average Bonchev–Trinajstić information content (AvgIpc) is 2.72. The van der Waals surface area contributed by atoms with E-state index < -0.39 is 5.82 Å². The fourth-order valence-corrected chi connectivity index (χ4v) is 3.67. The molecule has 0 bridgehead atoms. The van der Waals surface area contributed by atoms with Gasteiger partial charge in [0.15, 0.2) is 11.6 Å². The number of aromatic nitrogens is 1. The largest absolute Gasteiger partial charge is 0.493 e. The normalized spacial score (nSPS) is 19.4. The van der Waals surface area contributed by atoms with Crippen molar-refractivity contribution in [2.75, 3.05) is 25.5 Å². The van der Waals surface area contributed by atoms with Gasteiger partial charge in [-0.05, 0) is 48.9 Å². The van der Waals surface area contributed by atoms with Crippen molar-refractivity contribution in [3.05, 3.63) is 53.5 Å². The average molecular weight is 385 g/mol.